The van der Waals surface area contributed by atoms with Crippen molar-refractivity contribution in [3.63, 3.8) is 0 Å². The van der Waals surface area contributed by atoms with Crippen molar-refractivity contribution in [1.82, 2.24) is 10.2 Å². The quantitative estimate of drug-likeness (QED) is 0.0741. The van der Waals surface area contributed by atoms with Gasteiger partial charge in [-0.25, -0.2) is 0 Å². The molecule has 210 valence electrons. The smallest absolute Gasteiger partial charge is 0.350 e. The third-order valence-electron chi connectivity index (χ3n) is 6.33. The van der Waals surface area contributed by atoms with Crippen LogP contribution in [0.3, 0.4) is 0 Å². The normalized spacial score (nSPS) is 13.0. The third-order valence-corrected chi connectivity index (χ3v) is 6.33. The van der Waals surface area contributed by atoms with Crippen LogP contribution in [0.4, 0.5) is 26.3 Å². The van der Waals surface area contributed by atoms with Crippen LogP contribution in [0, 0.1) is 0 Å². The molecular formula is C25H48F6N3O+. The van der Waals surface area contributed by atoms with E-state index in [0.29, 0.717) is 11.0 Å². The van der Waals surface area contributed by atoms with E-state index in [-0.39, 0.29) is 6.54 Å². The van der Waals surface area contributed by atoms with Crippen LogP contribution in [0.15, 0.2) is 0 Å². The molecule has 0 atom stereocenters. The highest BCUT2D eigenvalue weighted by Gasteiger charge is 2.53. The van der Waals surface area contributed by atoms with Crippen LogP contribution in [0.2, 0.25) is 0 Å². The van der Waals surface area contributed by atoms with Crippen LogP contribution in [-0.4, -0.2) is 68.2 Å². The highest BCUT2D eigenvalue weighted by atomic mass is 19.4. The largest absolute Gasteiger partial charge is 0.467 e. The molecule has 0 bridgehead atoms. The van der Waals surface area contributed by atoms with Crippen molar-refractivity contribution >= 4 is 5.91 Å². The monoisotopic (exact) mass is 520 g/mol. The molecule has 1 N–H and O–H groups in total. The maximum atomic E-state index is 12.5. The Hall–Kier alpha value is -1.03. The summed E-state index contributed by atoms with van der Waals surface area (Å²) in [4.78, 5) is 10.1. The maximum Gasteiger partial charge on any atom is 0.467 e. The van der Waals surface area contributed by atoms with Gasteiger partial charge in [0.15, 0.2) is 0 Å². The number of quaternary nitrogens is 1. The molecule has 0 saturated carbocycles. The number of alkyl halides is 6. The molecule has 0 aromatic rings. The summed E-state index contributed by atoms with van der Waals surface area (Å²) in [6.45, 7) is 2.47. The first-order valence-corrected chi connectivity index (χ1v) is 13.3. The van der Waals surface area contributed by atoms with Crippen LogP contribution in [-0.2, 0) is 4.79 Å². The number of amides is 1. The average Bonchev–Trinajstić information content (AvgIpc) is 2.72. The third kappa shape index (κ3) is 19.8. The van der Waals surface area contributed by atoms with Gasteiger partial charge in [-0.05, 0) is 12.8 Å². The lowest BCUT2D eigenvalue weighted by Crippen LogP contribution is -2.50. The topological polar surface area (TPSA) is 32.3 Å². The fourth-order valence-corrected chi connectivity index (χ4v) is 4.04. The summed E-state index contributed by atoms with van der Waals surface area (Å²) in [6.07, 6.45) is 6.00. The second kappa shape index (κ2) is 18.3. The SMILES string of the molecule is CCCCCCCCCCCCCCCC[N+](C)(C)CCNC(=O)CCN(C(F)(F)F)C(F)(F)F. The summed E-state index contributed by atoms with van der Waals surface area (Å²) in [6, 6.07) is 0. The van der Waals surface area contributed by atoms with Crippen molar-refractivity contribution in [2.24, 2.45) is 0 Å². The Kier molecular flexibility index (Phi) is 17.7. The molecule has 4 nitrogen and oxygen atoms in total. The van der Waals surface area contributed by atoms with Gasteiger partial charge in [-0.3, -0.25) is 4.79 Å². The van der Waals surface area contributed by atoms with Crippen LogP contribution in [0.25, 0.3) is 0 Å². The van der Waals surface area contributed by atoms with Crippen LogP contribution in [0.5, 0.6) is 0 Å². The van der Waals surface area contributed by atoms with E-state index in [9.17, 15) is 31.1 Å². The Morgan fingerprint density at radius 1 is 0.686 bits per heavy atom. The molecule has 35 heavy (non-hydrogen) atoms. The fraction of sp³-hybridized carbons (Fsp3) is 0.960. The van der Waals surface area contributed by atoms with Crippen molar-refractivity contribution in [3.8, 4) is 0 Å². The number of hydrogen-bond donors (Lipinski definition) is 1. The number of likely N-dealkylation sites (N-methyl/N-ethyl adjacent to an activating group) is 1. The molecule has 0 fully saturated rings. The molecule has 0 aromatic carbocycles. The van der Waals surface area contributed by atoms with Gasteiger partial charge in [0.25, 0.3) is 0 Å². The van der Waals surface area contributed by atoms with E-state index in [2.05, 4.69) is 12.2 Å². The molecule has 0 unspecified atom stereocenters. The molecule has 0 saturated heterocycles. The Bertz CT molecular complexity index is 524. The summed E-state index contributed by atoms with van der Waals surface area (Å²) in [7, 11) is 4.01. The first-order chi connectivity index (χ1) is 16.3. The number of carbonyl (C=O) groups is 1. The molecule has 0 aliphatic heterocycles. The van der Waals surface area contributed by atoms with Crippen molar-refractivity contribution in [1.29, 1.82) is 0 Å². The number of nitrogens with one attached hydrogen (secondary N) is 1. The van der Waals surface area contributed by atoms with Crippen LogP contribution >= 0.6 is 0 Å². The molecule has 0 aliphatic rings. The Morgan fingerprint density at radius 2 is 1.09 bits per heavy atom. The molecular weight excluding hydrogens is 472 g/mol. The predicted molar refractivity (Wildman–Crippen MR) is 129 cm³/mol. The Balaban J connectivity index is 3.77. The van der Waals surface area contributed by atoms with Crippen molar-refractivity contribution in [3.05, 3.63) is 0 Å². The minimum atomic E-state index is -5.56. The lowest BCUT2D eigenvalue weighted by atomic mass is 10.0. The highest BCUT2D eigenvalue weighted by molar-refractivity contribution is 5.76. The molecule has 0 heterocycles. The first kappa shape index (κ1) is 34.0. The van der Waals surface area contributed by atoms with E-state index in [1.54, 1.807) is 0 Å². The second-order valence-electron chi connectivity index (χ2n) is 10.2. The Labute approximate surface area is 208 Å². The van der Waals surface area contributed by atoms with E-state index in [0.717, 1.165) is 19.4 Å². The lowest BCUT2D eigenvalue weighted by Gasteiger charge is -2.30. The first-order valence-electron chi connectivity index (χ1n) is 13.3. The van der Waals surface area contributed by atoms with Crippen molar-refractivity contribution in [2.75, 3.05) is 40.3 Å². The van der Waals surface area contributed by atoms with Gasteiger partial charge < -0.3 is 9.80 Å². The maximum absolute atomic E-state index is 12.5. The summed E-state index contributed by atoms with van der Waals surface area (Å²) in [5.41, 5.74) is 0. The van der Waals surface area contributed by atoms with Gasteiger partial charge in [0.05, 0.1) is 33.7 Å². The minimum Gasteiger partial charge on any atom is -0.350 e. The summed E-state index contributed by atoms with van der Waals surface area (Å²) in [5, 5.41) is 2.43. The average molecular weight is 521 g/mol. The van der Waals surface area contributed by atoms with Gasteiger partial charge in [0.2, 0.25) is 5.91 Å². The van der Waals surface area contributed by atoms with Crippen LogP contribution < -0.4 is 5.32 Å². The van der Waals surface area contributed by atoms with Gasteiger partial charge in [-0.1, -0.05) is 84.0 Å². The zero-order chi connectivity index (χ0) is 26.8. The molecule has 10 heteroatoms. The molecule has 0 spiro atoms. The van der Waals surface area contributed by atoms with Crippen molar-refractivity contribution < 1.29 is 35.6 Å². The van der Waals surface area contributed by atoms with E-state index < -0.39 is 36.4 Å². The fourth-order valence-electron chi connectivity index (χ4n) is 4.04. The number of carbonyl (C=O) groups excluding carboxylic acids is 1. The van der Waals surface area contributed by atoms with Gasteiger partial charge in [-0.2, -0.15) is 26.3 Å². The standard InChI is InChI=1S/C25H47F6N3O/c1-4-5-6-7-8-9-10-11-12-13-14-15-16-17-21-34(2,3)22-19-32-23(35)18-20-33(24(26,27)28)25(29,30)31/h4-22H2,1-3H3/p+1. The van der Waals surface area contributed by atoms with Gasteiger partial charge in [-0.15, -0.1) is 4.90 Å². The van der Waals surface area contributed by atoms with E-state index in [4.69, 9.17) is 0 Å². The summed E-state index contributed by atoms with van der Waals surface area (Å²) in [5.74, 6) is -0.819. The van der Waals surface area contributed by atoms with Crippen molar-refractivity contribution in [2.45, 2.75) is 116 Å². The molecule has 0 aliphatic carbocycles. The molecule has 1 amide bonds. The van der Waals surface area contributed by atoms with Crippen LogP contribution in [0.1, 0.15) is 103 Å². The van der Waals surface area contributed by atoms with E-state index in [1.165, 1.54) is 77.0 Å². The lowest BCUT2D eigenvalue weighted by molar-refractivity contribution is -0.889. The van der Waals surface area contributed by atoms with E-state index >= 15 is 0 Å². The van der Waals surface area contributed by atoms with Gasteiger partial charge in [0.1, 0.15) is 0 Å². The highest BCUT2D eigenvalue weighted by Crippen LogP contribution is 2.33. The van der Waals surface area contributed by atoms with Gasteiger partial charge in [0, 0.05) is 13.0 Å². The number of halogens is 6. The minimum absolute atomic E-state index is 0.211. The zero-order valence-electron chi connectivity index (χ0n) is 22.0. The van der Waals surface area contributed by atoms with E-state index in [1.807, 2.05) is 14.1 Å². The molecule has 0 aromatic heterocycles. The predicted octanol–water partition coefficient (Wildman–Crippen LogP) is 7.39. The number of nitrogens with zero attached hydrogens (tertiary/aromatic N) is 2. The number of rotatable bonds is 21. The Morgan fingerprint density at radius 3 is 1.49 bits per heavy atom. The second-order valence-corrected chi connectivity index (χ2v) is 10.2. The zero-order valence-corrected chi connectivity index (χ0v) is 22.0. The van der Waals surface area contributed by atoms with Gasteiger partial charge >= 0.3 is 12.6 Å². The summed E-state index contributed by atoms with van der Waals surface area (Å²) < 4.78 is 75.5. The molecule has 0 rings (SSSR count). The number of hydrogen-bond acceptors (Lipinski definition) is 2. The molecule has 0 radical (unpaired) electrons. The number of unbranched alkanes of at least 4 members (excludes halogenated alkanes) is 13. The summed E-state index contributed by atoms with van der Waals surface area (Å²) >= 11 is 0.